The molecule has 1 aromatic heterocycles. The first-order valence-corrected chi connectivity index (χ1v) is 8.75. The molecule has 29 heavy (non-hydrogen) atoms. The van der Waals surface area contributed by atoms with Crippen molar-refractivity contribution in [2.24, 2.45) is 0 Å². The van der Waals surface area contributed by atoms with Crippen molar-refractivity contribution in [3.05, 3.63) is 35.4 Å². The standard InChI is InChI=1S/C18H18F6N4O/c1-28-6-2-3-11(9-28)25-15-8-13(18(22,23)24)16(27-26-15)12-5-4-10(7-14(12)29)17(19,20)21/h4-5,7-8,11,29H,2-3,6,9H2,1H3,(H,25,26)/t11-/m1/s1. The molecule has 158 valence electrons. The molecule has 1 fully saturated rings. The maximum Gasteiger partial charge on any atom is 0.418 e. The largest absolute Gasteiger partial charge is 0.507 e. The average Bonchev–Trinajstić information content (AvgIpc) is 2.60. The quantitative estimate of drug-likeness (QED) is 0.722. The summed E-state index contributed by atoms with van der Waals surface area (Å²) in [5.41, 5.74) is -3.61. The van der Waals surface area contributed by atoms with Crippen LogP contribution in [0.25, 0.3) is 11.3 Å². The monoisotopic (exact) mass is 420 g/mol. The van der Waals surface area contributed by atoms with Gasteiger partial charge in [-0.15, -0.1) is 10.2 Å². The number of phenols is 1. The minimum atomic E-state index is -4.85. The topological polar surface area (TPSA) is 61.3 Å². The van der Waals surface area contributed by atoms with Crippen LogP contribution in [0.2, 0.25) is 0 Å². The summed E-state index contributed by atoms with van der Waals surface area (Å²) in [7, 11) is 1.90. The van der Waals surface area contributed by atoms with Crippen molar-refractivity contribution in [3.63, 3.8) is 0 Å². The molecule has 0 spiro atoms. The first-order chi connectivity index (χ1) is 13.4. The Bertz CT molecular complexity index is 884. The molecule has 1 aliphatic heterocycles. The minimum absolute atomic E-state index is 0.0900. The van der Waals surface area contributed by atoms with Gasteiger partial charge >= 0.3 is 12.4 Å². The van der Waals surface area contributed by atoms with E-state index in [2.05, 4.69) is 15.5 Å². The second-order valence-electron chi connectivity index (χ2n) is 6.97. The van der Waals surface area contributed by atoms with E-state index in [1.807, 2.05) is 11.9 Å². The number of aromatic hydroxyl groups is 1. The van der Waals surface area contributed by atoms with E-state index in [1.54, 1.807) is 0 Å². The molecule has 1 aromatic carbocycles. The Morgan fingerprint density at radius 3 is 2.38 bits per heavy atom. The summed E-state index contributed by atoms with van der Waals surface area (Å²) in [6.45, 7) is 1.52. The normalized spacial score (nSPS) is 18.7. The van der Waals surface area contributed by atoms with Crippen molar-refractivity contribution in [2.75, 3.05) is 25.5 Å². The second-order valence-corrected chi connectivity index (χ2v) is 6.97. The number of nitrogens with zero attached hydrogens (tertiary/aromatic N) is 3. The maximum absolute atomic E-state index is 13.6. The van der Waals surface area contributed by atoms with Crippen molar-refractivity contribution in [3.8, 4) is 17.0 Å². The molecule has 0 amide bonds. The zero-order chi connectivity index (χ0) is 21.4. The molecule has 1 atom stereocenters. The Labute approximate surface area is 162 Å². The Morgan fingerprint density at radius 2 is 1.79 bits per heavy atom. The van der Waals surface area contributed by atoms with E-state index in [-0.39, 0.29) is 11.9 Å². The summed E-state index contributed by atoms with van der Waals surface area (Å²) in [5, 5.41) is 20.1. The van der Waals surface area contributed by atoms with E-state index in [0.717, 1.165) is 31.5 Å². The summed E-state index contributed by atoms with van der Waals surface area (Å²) in [6.07, 6.45) is -7.95. The predicted molar refractivity (Wildman–Crippen MR) is 93.3 cm³/mol. The highest BCUT2D eigenvalue weighted by molar-refractivity contribution is 5.71. The lowest BCUT2D eigenvalue weighted by Gasteiger charge is -2.30. The minimum Gasteiger partial charge on any atom is -0.507 e. The summed E-state index contributed by atoms with van der Waals surface area (Å²) < 4.78 is 79.0. The Balaban J connectivity index is 1.97. The number of alkyl halides is 6. The lowest BCUT2D eigenvalue weighted by Crippen LogP contribution is -2.40. The fourth-order valence-electron chi connectivity index (χ4n) is 3.28. The summed E-state index contributed by atoms with van der Waals surface area (Å²) in [5.74, 6) is -1.05. The third-order valence-corrected chi connectivity index (χ3v) is 4.66. The molecular formula is C18H18F6N4O. The molecule has 3 rings (SSSR count). The van der Waals surface area contributed by atoms with Crippen LogP contribution >= 0.6 is 0 Å². The zero-order valence-corrected chi connectivity index (χ0v) is 15.3. The third-order valence-electron chi connectivity index (χ3n) is 4.66. The number of hydrogen-bond donors (Lipinski definition) is 2. The van der Waals surface area contributed by atoms with Crippen molar-refractivity contribution < 1.29 is 31.4 Å². The van der Waals surface area contributed by atoms with Crippen LogP contribution in [-0.4, -0.2) is 46.4 Å². The number of likely N-dealkylation sites (N-methyl/N-ethyl adjacent to an activating group) is 1. The summed E-state index contributed by atoms with van der Waals surface area (Å²) in [4.78, 5) is 2.04. The number of rotatable bonds is 3. The van der Waals surface area contributed by atoms with E-state index >= 15 is 0 Å². The SMILES string of the molecule is CN1CCC[C@@H](Nc2cc(C(F)(F)F)c(-c3ccc(C(F)(F)F)cc3O)nn2)C1. The first-order valence-electron chi connectivity index (χ1n) is 8.75. The molecule has 2 heterocycles. The van der Waals surface area contributed by atoms with E-state index < -0.39 is 40.5 Å². The van der Waals surface area contributed by atoms with Gasteiger partial charge < -0.3 is 15.3 Å². The van der Waals surface area contributed by atoms with Gasteiger partial charge in [-0.05, 0) is 50.7 Å². The fraction of sp³-hybridized carbons (Fsp3) is 0.444. The Hall–Kier alpha value is -2.56. The van der Waals surface area contributed by atoms with Crippen LogP contribution in [0.1, 0.15) is 24.0 Å². The predicted octanol–water partition coefficient (Wildman–Crippen LogP) is 4.39. The summed E-state index contributed by atoms with van der Waals surface area (Å²) in [6, 6.07) is 2.35. The maximum atomic E-state index is 13.6. The molecule has 11 heteroatoms. The number of hydrogen-bond acceptors (Lipinski definition) is 5. The van der Waals surface area contributed by atoms with E-state index in [9.17, 15) is 31.4 Å². The molecule has 2 N–H and O–H groups in total. The van der Waals surface area contributed by atoms with Crippen LogP contribution in [0.5, 0.6) is 5.75 Å². The van der Waals surface area contributed by atoms with Crippen molar-refractivity contribution in [1.29, 1.82) is 0 Å². The van der Waals surface area contributed by atoms with Gasteiger partial charge in [0.15, 0.2) is 0 Å². The highest BCUT2D eigenvalue weighted by Gasteiger charge is 2.37. The number of aromatic nitrogens is 2. The Morgan fingerprint density at radius 1 is 1.07 bits per heavy atom. The molecule has 1 aliphatic rings. The van der Waals surface area contributed by atoms with Gasteiger partial charge in [-0.25, -0.2) is 0 Å². The van der Waals surface area contributed by atoms with Gasteiger partial charge in [-0.2, -0.15) is 26.3 Å². The molecule has 5 nitrogen and oxygen atoms in total. The molecule has 2 aromatic rings. The van der Waals surface area contributed by atoms with Crippen molar-refractivity contribution in [1.82, 2.24) is 15.1 Å². The second kappa shape index (κ2) is 7.69. The van der Waals surface area contributed by atoms with Gasteiger partial charge in [0, 0.05) is 18.2 Å². The number of phenolic OH excluding ortho intramolecular Hbond substituents is 1. The fourth-order valence-corrected chi connectivity index (χ4v) is 3.28. The highest BCUT2D eigenvalue weighted by Crippen LogP contribution is 2.41. The van der Waals surface area contributed by atoms with Gasteiger partial charge in [0.1, 0.15) is 17.3 Å². The first kappa shape index (κ1) is 21.2. The number of benzene rings is 1. The van der Waals surface area contributed by atoms with E-state index in [1.165, 1.54) is 0 Å². The number of nitrogens with one attached hydrogen (secondary N) is 1. The van der Waals surface area contributed by atoms with E-state index in [0.29, 0.717) is 18.7 Å². The number of piperidine rings is 1. The molecule has 0 aliphatic carbocycles. The lowest BCUT2D eigenvalue weighted by molar-refractivity contribution is -0.138. The smallest absolute Gasteiger partial charge is 0.418 e. The van der Waals surface area contributed by atoms with Gasteiger partial charge in [0.05, 0.1) is 11.1 Å². The molecule has 1 saturated heterocycles. The summed E-state index contributed by atoms with van der Waals surface area (Å²) >= 11 is 0. The molecule has 0 unspecified atom stereocenters. The van der Waals surface area contributed by atoms with Gasteiger partial charge in [0.2, 0.25) is 0 Å². The van der Waals surface area contributed by atoms with E-state index in [4.69, 9.17) is 0 Å². The van der Waals surface area contributed by atoms with Crippen LogP contribution in [0.3, 0.4) is 0 Å². The van der Waals surface area contributed by atoms with Crippen LogP contribution in [0.4, 0.5) is 32.2 Å². The van der Waals surface area contributed by atoms with Crippen LogP contribution in [0.15, 0.2) is 24.3 Å². The molecule has 0 bridgehead atoms. The molecule has 0 radical (unpaired) electrons. The molecular weight excluding hydrogens is 402 g/mol. The lowest BCUT2D eigenvalue weighted by atomic mass is 10.0. The number of anilines is 1. The van der Waals surface area contributed by atoms with Gasteiger partial charge in [-0.3, -0.25) is 0 Å². The zero-order valence-electron chi connectivity index (χ0n) is 15.3. The number of likely N-dealkylation sites (tertiary alicyclic amines) is 1. The van der Waals surface area contributed by atoms with Crippen LogP contribution < -0.4 is 5.32 Å². The Kier molecular flexibility index (Phi) is 5.61. The number of halogens is 6. The average molecular weight is 420 g/mol. The highest BCUT2D eigenvalue weighted by atomic mass is 19.4. The van der Waals surface area contributed by atoms with Gasteiger partial charge in [0.25, 0.3) is 0 Å². The van der Waals surface area contributed by atoms with Crippen LogP contribution in [0, 0.1) is 0 Å². The third kappa shape index (κ3) is 4.89. The van der Waals surface area contributed by atoms with Crippen LogP contribution in [-0.2, 0) is 12.4 Å². The molecule has 0 saturated carbocycles. The van der Waals surface area contributed by atoms with Crippen molar-refractivity contribution >= 4 is 5.82 Å². The van der Waals surface area contributed by atoms with Crippen molar-refractivity contribution in [2.45, 2.75) is 31.2 Å². The van der Waals surface area contributed by atoms with Gasteiger partial charge in [-0.1, -0.05) is 0 Å².